The van der Waals surface area contributed by atoms with Crippen molar-refractivity contribution in [3.63, 3.8) is 0 Å². The summed E-state index contributed by atoms with van der Waals surface area (Å²) in [6.45, 7) is 0.115. The number of fused-ring (bicyclic) bond motifs is 2. The summed E-state index contributed by atoms with van der Waals surface area (Å²) in [5, 5.41) is 5.21. The number of urea groups is 1. The molecule has 0 aromatic heterocycles. The maximum atomic E-state index is 13.3. The Morgan fingerprint density at radius 2 is 1.75 bits per heavy atom. The van der Waals surface area contributed by atoms with Gasteiger partial charge in [-0.25, -0.2) is 4.79 Å². The van der Waals surface area contributed by atoms with E-state index >= 15 is 0 Å². The van der Waals surface area contributed by atoms with Crippen molar-refractivity contribution in [3.8, 4) is 0 Å². The molecule has 164 valence electrons. The minimum Gasteiger partial charge on any atom is -0.337 e. The van der Waals surface area contributed by atoms with Crippen LogP contribution in [0.1, 0.15) is 24.0 Å². The Balaban J connectivity index is 1.45. The molecule has 3 heterocycles. The Labute approximate surface area is 185 Å². The molecular formula is C24H24N4O4. The smallest absolute Gasteiger partial charge is 0.325 e. The maximum absolute atomic E-state index is 13.3. The average Bonchev–Trinajstić information content (AvgIpc) is 3.42. The lowest BCUT2D eigenvalue weighted by Gasteiger charge is -2.34. The predicted octanol–water partition coefficient (Wildman–Crippen LogP) is 1.66. The number of hydrogen-bond acceptors (Lipinski definition) is 4. The molecule has 0 saturated carbocycles. The number of rotatable bonds is 5. The number of carbonyl (C=O) groups excluding carboxylic acids is 4. The van der Waals surface area contributed by atoms with Gasteiger partial charge in [-0.2, -0.15) is 0 Å². The van der Waals surface area contributed by atoms with Crippen molar-refractivity contribution >= 4 is 29.4 Å². The molecular weight excluding hydrogens is 408 g/mol. The maximum Gasteiger partial charge on any atom is 0.325 e. The van der Waals surface area contributed by atoms with Gasteiger partial charge in [0.1, 0.15) is 13.1 Å². The lowest BCUT2D eigenvalue weighted by molar-refractivity contribution is -0.134. The quantitative estimate of drug-likeness (QED) is 0.702. The molecule has 5 rings (SSSR count). The third-order valence-corrected chi connectivity index (χ3v) is 6.82. The molecule has 8 heteroatoms. The number of amides is 5. The SMILES string of the molecule is O=C1CN(CC(=O)N2CC[C@]3(C(=O)Nc4ccccc43)[C@@H]2CCc2ccccc2)C(=O)N1. The van der Waals surface area contributed by atoms with Crippen LogP contribution in [0.25, 0.3) is 0 Å². The first-order valence-electron chi connectivity index (χ1n) is 10.8. The molecule has 0 radical (unpaired) electrons. The second-order valence-electron chi connectivity index (χ2n) is 8.56. The molecule has 0 bridgehead atoms. The average molecular weight is 432 g/mol. The van der Waals surface area contributed by atoms with Gasteiger partial charge in [-0.05, 0) is 36.5 Å². The Bertz CT molecular complexity index is 1100. The number of aryl methyl sites for hydroxylation is 1. The first-order valence-corrected chi connectivity index (χ1v) is 10.8. The molecule has 3 aliphatic rings. The van der Waals surface area contributed by atoms with Crippen LogP contribution in [-0.4, -0.2) is 59.2 Å². The third-order valence-electron chi connectivity index (χ3n) is 6.82. The fourth-order valence-corrected chi connectivity index (χ4v) is 5.32. The van der Waals surface area contributed by atoms with E-state index in [0.717, 1.165) is 23.2 Å². The number of carbonyl (C=O) groups is 4. The van der Waals surface area contributed by atoms with Crippen molar-refractivity contribution in [2.45, 2.75) is 30.7 Å². The number of benzene rings is 2. The van der Waals surface area contributed by atoms with Gasteiger partial charge in [-0.3, -0.25) is 19.7 Å². The Kier molecular flexibility index (Phi) is 4.92. The van der Waals surface area contributed by atoms with E-state index in [1.807, 2.05) is 54.6 Å². The fourth-order valence-electron chi connectivity index (χ4n) is 5.32. The van der Waals surface area contributed by atoms with Crippen molar-refractivity contribution in [3.05, 3.63) is 65.7 Å². The Hall–Kier alpha value is -3.68. The zero-order chi connectivity index (χ0) is 22.3. The number of para-hydroxylation sites is 1. The van der Waals surface area contributed by atoms with Crippen molar-refractivity contribution in [2.75, 3.05) is 25.0 Å². The normalized spacial score (nSPS) is 24.1. The summed E-state index contributed by atoms with van der Waals surface area (Å²) in [5.74, 6) is -0.742. The molecule has 2 aromatic carbocycles. The summed E-state index contributed by atoms with van der Waals surface area (Å²) < 4.78 is 0. The van der Waals surface area contributed by atoms with E-state index < -0.39 is 17.4 Å². The van der Waals surface area contributed by atoms with Gasteiger partial charge in [0.25, 0.3) is 0 Å². The summed E-state index contributed by atoms with van der Waals surface area (Å²) in [6, 6.07) is 16.7. The minimum absolute atomic E-state index is 0.0823. The molecule has 2 aromatic rings. The first-order chi connectivity index (χ1) is 15.5. The molecule has 3 aliphatic heterocycles. The summed E-state index contributed by atoms with van der Waals surface area (Å²) >= 11 is 0. The highest BCUT2D eigenvalue weighted by atomic mass is 16.2. The fraction of sp³-hybridized carbons (Fsp3) is 0.333. The number of hydrogen-bond donors (Lipinski definition) is 2. The number of nitrogens with zero attached hydrogens (tertiary/aromatic N) is 2. The van der Waals surface area contributed by atoms with E-state index in [2.05, 4.69) is 10.6 Å². The molecule has 2 saturated heterocycles. The molecule has 1 spiro atoms. The highest BCUT2D eigenvalue weighted by molar-refractivity contribution is 6.08. The monoisotopic (exact) mass is 432 g/mol. The van der Waals surface area contributed by atoms with E-state index in [0.29, 0.717) is 19.4 Å². The lowest BCUT2D eigenvalue weighted by atomic mass is 9.73. The number of nitrogens with one attached hydrogen (secondary N) is 2. The van der Waals surface area contributed by atoms with Crippen LogP contribution in [0, 0.1) is 0 Å². The van der Waals surface area contributed by atoms with Crippen LogP contribution in [0.3, 0.4) is 0 Å². The lowest BCUT2D eigenvalue weighted by Crippen LogP contribution is -2.51. The Morgan fingerprint density at radius 1 is 1.00 bits per heavy atom. The molecule has 32 heavy (non-hydrogen) atoms. The number of anilines is 1. The van der Waals surface area contributed by atoms with Gasteiger partial charge in [0.15, 0.2) is 0 Å². The van der Waals surface area contributed by atoms with E-state index in [4.69, 9.17) is 0 Å². The molecule has 2 N–H and O–H groups in total. The third kappa shape index (κ3) is 3.23. The largest absolute Gasteiger partial charge is 0.337 e. The highest BCUT2D eigenvalue weighted by Gasteiger charge is 2.58. The van der Waals surface area contributed by atoms with E-state index in [-0.39, 0.29) is 30.9 Å². The van der Waals surface area contributed by atoms with Gasteiger partial charge in [0, 0.05) is 12.2 Å². The van der Waals surface area contributed by atoms with Gasteiger partial charge in [0.2, 0.25) is 17.7 Å². The van der Waals surface area contributed by atoms with E-state index in [9.17, 15) is 19.2 Å². The summed E-state index contributed by atoms with van der Waals surface area (Å²) in [6.07, 6.45) is 1.85. The molecule has 0 unspecified atom stereocenters. The standard InChI is InChI=1S/C24H24N4O4/c29-20-14-27(23(32)26-20)15-21(30)28-13-12-24(17-8-4-5-9-18(17)25-22(24)31)19(28)11-10-16-6-2-1-3-7-16/h1-9,19H,10-15H2,(H,25,31)(H,26,29,32)/t19-,24+/m0/s1. The van der Waals surface area contributed by atoms with Crippen LogP contribution in [0.4, 0.5) is 10.5 Å². The van der Waals surface area contributed by atoms with Crippen LogP contribution in [0.15, 0.2) is 54.6 Å². The summed E-state index contributed by atoms with van der Waals surface area (Å²) in [4.78, 5) is 53.0. The summed E-state index contributed by atoms with van der Waals surface area (Å²) in [5.41, 5.74) is 2.04. The highest BCUT2D eigenvalue weighted by Crippen LogP contribution is 2.49. The zero-order valence-corrected chi connectivity index (χ0v) is 17.5. The van der Waals surface area contributed by atoms with Crippen molar-refractivity contribution < 1.29 is 19.2 Å². The van der Waals surface area contributed by atoms with Gasteiger partial charge in [-0.1, -0.05) is 48.5 Å². The second-order valence-corrected chi connectivity index (χ2v) is 8.56. The second kappa shape index (κ2) is 7.78. The zero-order valence-electron chi connectivity index (χ0n) is 17.5. The molecule has 5 amide bonds. The van der Waals surface area contributed by atoms with Crippen LogP contribution in [-0.2, 0) is 26.2 Å². The van der Waals surface area contributed by atoms with Crippen molar-refractivity contribution in [1.82, 2.24) is 15.1 Å². The molecule has 8 nitrogen and oxygen atoms in total. The molecule has 2 atom stereocenters. The van der Waals surface area contributed by atoms with Crippen LogP contribution >= 0.6 is 0 Å². The first kappa shape index (κ1) is 20.2. The predicted molar refractivity (Wildman–Crippen MR) is 117 cm³/mol. The summed E-state index contributed by atoms with van der Waals surface area (Å²) in [7, 11) is 0. The van der Waals surface area contributed by atoms with Gasteiger partial charge in [-0.15, -0.1) is 0 Å². The van der Waals surface area contributed by atoms with Crippen molar-refractivity contribution in [2.24, 2.45) is 0 Å². The van der Waals surface area contributed by atoms with Gasteiger partial charge < -0.3 is 15.1 Å². The van der Waals surface area contributed by atoms with E-state index in [1.165, 1.54) is 4.90 Å². The number of imide groups is 1. The topological polar surface area (TPSA) is 98.8 Å². The van der Waals surface area contributed by atoms with E-state index in [1.54, 1.807) is 4.90 Å². The minimum atomic E-state index is -0.815. The molecule has 2 fully saturated rings. The van der Waals surface area contributed by atoms with Crippen molar-refractivity contribution in [1.29, 1.82) is 0 Å². The van der Waals surface area contributed by atoms with Crippen LogP contribution in [0.2, 0.25) is 0 Å². The van der Waals surface area contributed by atoms with Crippen LogP contribution in [0.5, 0.6) is 0 Å². The Morgan fingerprint density at radius 3 is 2.50 bits per heavy atom. The van der Waals surface area contributed by atoms with Gasteiger partial charge >= 0.3 is 6.03 Å². The van der Waals surface area contributed by atoms with Gasteiger partial charge in [0.05, 0.1) is 11.5 Å². The molecule has 0 aliphatic carbocycles. The van der Waals surface area contributed by atoms with Crippen LogP contribution < -0.4 is 10.6 Å². The number of likely N-dealkylation sites (tertiary alicyclic amines) is 1.